The molecule has 6 heteroatoms. The maximum atomic E-state index is 12.4. The maximum Gasteiger partial charge on any atom is 0.311 e. The van der Waals surface area contributed by atoms with Crippen LogP contribution < -0.4 is 4.74 Å². The number of carbonyl (C=O) groups is 3. The lowest BCUT2D eigenvalue weighted by Gasteiger charge is -2.28. The van der Waals surface area contributed by atoms with Crippen molar-refractivity contribution in [3.8, 4) is 5.75 Å². The molecule has 0 bridgehead atoms. The SMILES string of the molecule is CC(=O)c1cccc(OCCCC(=O)N2CCC(C(=O)O)(C(C)C)C2)c1. The Morgan fingerprint density at radius 1 is 1.31 bits per heavy atom. The van der Waals surface area contributed by atoms with Crippen LogP contribution in [0.5, 0.6) is 5.75 Å². The van der Waals surface area contributed by atoms with Gasteiger partial charge >= 0.3 is 5.97 Å². The van der Waals surface area contributed by atoms with Crippen molar-refractivity contribution in [2.75, 3.05) is 19.7 Å². The van der Waals surface area contributed by atoms with Crippen molar-refractivity contribution in [1.82, 2.24) is 4.90 Å². The van der Waals surface area contributed by atoms with Crippen LogP contribution in [0.2, 0.25) is 0 Å². The lowest BCUT2D eigenvalue weighted by molar-refractivity contribution is -0.151. The predicted molar refractivity (Wildman–Crippen MR) is 97.3 cm³/mol. The summed E-state index contributed by atoms with van der Waals surface area (Å²) in [6, 6.07) is 6.96. The highest BCUT2D eigenvalue weighted by Crippen LogP contribution is 2.38. The standard InChI is InChI=1S/C20H27NO5/c1-14(2)20(19(24)25)9-10-21(13-20)18(23)8-5-11-26-17-7-4-6-16(12-17)15(3)22/h4,6-7,12,14H,5,8-11,13H2,1-3H3,(H,24,25). The van der Waals surface area contributed by atoms with Crippen molar-refractivity contribution in [2.24, 2.45) is 11.3 Å². The summed E-state index contributed by atoms with van der Waals surface area (Å²) in [5, 5.41) is 9.55. The van der Waals surface area contributed by atoms with Gasteiger partial charge in [-0.25, -0.2) is 0 Å². The monoisotopic (exact) mass is 361 g/mol. The largest absolute Gasteiger partial charge is 0.494 e. The molecule has 0 aromatic heterocycles. The molecule has 0 spiro atoms. The fourth-order valence-corrected chi connectivity index (χ4v) is 3.32. The molecule has 1 heterocycles. The molecular formula is C20H27NO5. The van der Waals surface area contributed by atoms with E-state index in [-0.39, 0.29) is 24.2 Å². The second-order valence-electron chi connectivity index (χ2n) is 7.22. The van der Waals surface area contributed by atoms with E-state index in [0.717, 1.165) is 0 Å². The van der Waals surface area contributed by atoms with Gasteiger partial charge in [-0.05, 0) is 37.8 Å². The molecule has 1 unspecified atom stereocenters. The summed E-state index contributed by atoms with van der Waals surface area (Å²) in [6.45, 7) is 6.43. The molecular weight excluding hydrogens is 334 g/mol. The van der Waals surface area contributed by atoms with Crippen LogP contribution in [0, 0.1) is 11.3 Å². The first-order valence-corrected chi connectivity index (χ1v) is 9.01. The molecule has 1 saturated heterocycles. The third-order valence-electron chi connectivity index (χ3n) is 5.23. The number of ketones is 1. The molecule has 1 aliphatic rings. The Hall–Kier alpha value is -2.37. The van der Waals surface area contributed by atoms with Crippen molar-refractivity contribution in [3.63, 3.8) is 0 Å². The van der Waals surface area contributed by atoms with Gasteiger partial charge in [0.05, 0.1) is 12.0 Å². The fourth-order valence-electron chi connectivity index (χ4n) is 3.32. The minimum Gasteiger partial charge on any atom is -0.494 e. The molecule has 1 N–H and O–H groups in total. The van der Waals surface area contributed by atoms with E-state index in [9.17, 15) is 19.5 Å². The predicted octanol–water partition coefficient (Wildman–Crippen LogP) is 3.01. The first kappa shape index (κ1) is 19.9. The van der Waals surface area contributed by atoms with Crippen molar-refractivity contribution in [3.05, 3.63) is 29.8 Å². The molecule has 1 aromatic rings. The Morgan fingerprint density at radius 2 is 2.04 bits per heavy atom. The molecule has 1 atom stereocenters. The van der Waals surface area contributed by atoms with Crippen LogP contribution in [0.4, 0.5) is 0 Å². The van der Waals surface area contributed by atoms with E-state index in [4.69, 9.17) is 4.74 Å². The summed E-state index contributed by atoms with van der Waals surface area (Å²) in [5.74, 6) is -0.288. The van der Waals surface area contributed by atoms with Gasteiger partial charge in [0.25, 0.3) is 0 Å². The minimum absolute atomic E-state index is 0.0188. The highest BCUT2D eigenvalue weighted by Gasteiger charge is 2.48. The number of hydrogen-bond acceptors (Lipinski definition) is 4. The van der Waals surface area contributed by atoms with E-state index in [1.165, 1.54) is 6.92 Å². The van der Waals surface area contributed by atoms with Gasteiger partial charge in [0, 0.05) is 25.1 Å². The molecule has 26 heavy (non-hydrogen) atoms. The highest BCUT2D eigenvalue weighted by atomic mass is 16.5. The van der Waals surface area contributed by atoms with Crippen molar-refractivity contribution >= 4 is 17.7 Å². The summed E-state index contributed by atoms with van der Waals surface area (Å²) >= 11 is 0. The molecule has 1 aliphatic heterocycles. The second-order valence-corrected chi connectivity index (χ2v) is 7.22. The topological polar surface area (TPSA) is 83.9 Å². The van der Waals surface area contributed by atoms with E-state index < -0.39 is 11.4 Å². The molecule has 1 aromatic carbocycles. The first-order chi connectivity index (χ1) is 12.3. The zero-order valence-electron chi connectivity index (χ0n) is 15.7. The average Bonchev–Trinajstić information content (AvgIpc) is 3.06. The van der Waals surface area contributed by atoms with Crippen LogP contribution in [0.15, 0.2) is 24.3 Å². The average molecular weight is 361 g/mol. The number of carboxylic acids is 1. The Labute approximate surface area is 154 Å². The van der Waals surface area contributed by atoms with Crippen LogP contribution in [0.25, 0.3) is 0 Å². The Kier molecular flexibility index (Phi) is 6.40. The number of carboxylic acid groups (broad SMARTS) is 1. The lowest BCUT2D eigenvalue weighted by atomic mass is 9.76. The Balaban J connectivity index is 1.80. The van der Waals surface area contributed by atoms with E-state index in [1.54, 1.807) is 29.2 Å². The maximum absolute atomic E-state index is 12.4. The van der Waals surface area contributed by atoms with E-state index in [2.05, 4.69) is 0 Å². The van der Waals surface area contributed by atoms with Gasteiger partial charge in [-0.3, -0.25) is 14.4 Å². The molecule has 2 rings (SSSR count). The van der Waals surface area contributed by atoms with Crippen LogP contribution in [0.1, 0.15) is 50.4 Å². The molecule has 142 valence electrons. The number of carbonyl (C=O) groups excluding carboxylic acids is 2. The first-order valence-electron chi connectivity index (χ1n) is 9.01. The van der Waals surface area contributed by atoms with Gasteiger partial charge in [-0.15, -0.1) is 0 Å². The van der Waals surface area contributed by atoms with Crippen LogP contribution >= 0.6 is 0 Å². The highest BCUT2D eigenvalue weighted by molar-refractivity contribution is 5.94. The molecule has 0 saturated carbocycles. The van der Waals surface area contributed by atoms with Gasteiger partial charge in [0.2, 0.25) is 5.91 Å². The molecule has 0 aliphatic carbocycles. The number of likely N-dealkylation sites (tertiary alicyclic amines) is 1. The van der Waals surface area contributed by atoms with Gasteiger partial charge < -0.3 is 14.7 Å². The third kappa shape index (κ3) is 4.42. The summed E-state index contributed by atoms with van der Waals surface area (Å²) in [5.41, 5.74) is -0.242. The van der Waals surface area contributed by atoms with Crippen LogP contribution in [-0.2, 0) is 9.59 Å². The molecule has 0 radical (unpaired) electrons. The number of ether oxygens (including phenoxy) is 1. The van der Waals surface area contributed by atoms with E-state index in [0.29, 0.717) is 43.7 Å². The third-order valence-corrected chi connectivity index (χ3v) is 5.23. The number of amides is 1. The second kappa shape index (κ2) is 8.34. The molecule has 6 nitrogen and oxygen atoms in total. The fraction of sp³-hybridized carbons (Fsp3) is 0.550. The van der Waals surface area contributed by atoms with Crippen LogP contribution in [0.3, 0.4) is 0 Å². The number of nitrogens with zero attached hydrogens (tertiary/aromatic N) is 1. The summed E-state index contributed by atoms with van der Waals surface area (Å²) in [6.07, 6.45) is 1.36. The summed E-state index contributed by atoms with van der Waals surface area (Å²) < 4.78 is 5.61. The Bertz CT molecular complexity index is 685. The zero-order chi connectivity index (χ0) is 19.3. The Morgan fingerprint density at radius 3 is 2.62 bits per heavy atom. The smallest absolute Gasteiger partial charge is 0.311 e. The van der Waals surface area contributed by atoms with Crippen LogP contribution in [-0.4, -0.2) is 47.4 Å². The zero-order valence-corrected chi connectivity index (χ0v) is 15.7. The number of Topliss-reactive ketones (excluding diaryl/α,β-unsaturated/α-hetero) is 1. The number of benzene rings is 1. The number of aliphatic carboxylic acids is 1. The van der Waals surface area contributed by atoms with Gasteiger partial charge in [0.1, 0.15) is 5.75 Å². The van der Waals surface area contributed by atoms with Crippen molar-refractivity contribution in [2.45, 2.75) is 40.0 Å². The van der Waals surface area contributed by atoms with E-state index >= 15 is 0 Å². The number of rotatable bonds is 8. The normalized spacial score (nSPS) is 19.6. The summed E-state index contributed by atoms with van der Waals surface area (Å²) in [7, 11) is 0. The van der Waals surface area contributed by atoms with Crippen molar-refractivity contribution in [1.29, 1.82) is 0 Å². The summed E-state index contributed by atoms with van der Waals surface area (Å²) in [4.78, 5) is 37.0. The van der Waals surface area contributed by atoms with Gasteiger partial charge in [-0.2, -0.15) is 0 Å². The minimum atomic E-state index is -0.834. The quantitative estimate of drug-likeness (QED) is 0.568. The van der Waals surface area contributed by atoms with Crippen molar-refractivity contribution < 1.29 is 24.2 Å². The molecule has 1 amide bonds. The van der Waals surface area contributed by atoms with Gasteiger partial charge in [0.15, 0.2) is 5.78 Å². The molecule has 1 fully saturated rings. The number of hydrogen-bond donors (Lipinski definition) is 1. The lowest BCUT2D eigenvalue weighted by Crippen LogP contribution is -2.40. The van der Waals surface area contributed by atoms with Gasteiger partial charge in [-0.1, -0.05) is 26.0 Å². The van der Waals surface area contributed by atoms with E-state index in [1.807, 2.05) is 13.8 Å².